The number of aromatic nitrogens is 1. The fourth-order valence-electron chi connectivity index (χ4n) is 2.26. The SMILES string of the molecule is CC(C)NC(=O)c1cccc(CNC(=O)NCCc2ccccn2)c1. The van der Waals surface area contributed by atoms with Crippen LogP contribution in [0.1, 0.15) is 35.5 Å². The van der Waals surface area contributed by atoms with Gasteiger partial charge in [-0.05, 0) is 43.7 Å². The third-order valence-corrected chi connectivity index (χ3v) is 3.45. The van der Waals surface area contributed by atoms with Gasteiger partial charge in [-0.2, -0.15) is 0 Å². The Labute approximate surface area is 148 Å². The van der Waals surface area contributed by atoms with E-state index in [1.54, 1.807) is 18.3 Å². The number of amides is 3. The average Bonchev–Trinajstić information content (AvgIpc) is 2.60. The second-order valence-electron chi connectivity index (χ2n) is 6.01. The molecular formula is C19H24N4O2. The van der Waals surface area contributed by atoms with Gasteiger partial charge in [-0.3, -0.25) is 9.78 Å². The predicted molar refractivity (Wildman–Crippen MR) is 97.2 cm³/mol. The zero-order chi connectivity index (χ0) is 18.1. The van der Waals surface area contributed by atoms with Gasteiger partial charge in [-0.25, -0.2) is 4.79 Å². The molecule has 2 rings (SSSR count). The predicted octanol–water partition coefficient (Wildman–Crippen LogP) is 2.26. The molecule has 1 aromatic carbocycles. The van der Waals surface area contributed by atoms with Crippen molar-refractivity contribution in [2.75, 3.05) is 6.54 Å². The van der Waals surface area contributed by atoms with Gasteiger partial charge in [0.05, 0.1) is 0 Å². The number of nitrogens with zero attached hydrogens (tertiary/aromatic N) is 1. The summed E-state index contributed by atoms with van der Waals surface area (Å²) in [6.07, 6.45) is 2.41. The number of rotatable bonds is 7. The van der Waals surface area contributed by atoms with Gasteiger partial charge in [0.15, 0.2) is 0 Å². The Bertz CT molecular complexity index is 702. The van der Waals surface area contributed by atoms with Crippen LogP contribution < -0.4 is 16.0 Å². The fourth-order valence-corrected chi connectivity index (χ4v) is 2.26. The lowest BCUT2D eigenvalue weighted by Gasteiger charge is -2.10. The molecular weight excluding hydrogens is 316 g/mol. The quantitative estimate of drug-likeness (QED) is 0.723. The third-order valence-electron chi connectivity index (χ3n) is 3.45. The number of urea groups is 1. The topological polar surface area (TPSA) is 83.1 Å². The molecule has 0 saturated carbocycles. The molecule has 0 atom stereocenters. The number of hydrogen-bond donors (Lipinski definition) is 3. The highest BCUT2D eigenvalue weighted by atomic mass is 16.2. The largest absolute Gasteiger partial charge is 0.350 e. The van der Waals surface area contributed by atoms with Gasteiger partial charge >= 0.3 is 6.03 Å². The molecule has 6 nitrogen and oxygen atoms in total. The van der Waals surface area contributed by atoms with Gasteiger partial charge in [0.1, 0.15) is 0 Å². The number of pyridine rings is 1. The molecule has 0 aliphatic heterocycles. The van der Waals surface area contributed by atoms with Crippen molar-refractivity contribution < 1.29 is 9.59 Å². The van der Waals surface area contributed by atoms with Crippen molar-refractivity contribution >= 4 is 11.9 Å². The molecule has 2 aromatic rings. The summed E-state index contributed by atoms with van der Waals surface area (Å²) in [6.45, 7) is 4.70. The van der Waals surface area contributed by atoms with Gasteiger partial charge in [0.25, 0.3) is 5.91 Å². The summed E-state index contributed by atoms with van der Waals surface area (Å²) in [5, 5.41) is 8.44. The number of carbonyl (C=O) groups is 2. The molecule has 0 aliphatic carbocycles. The molecule has 0 radical (unpaired) electrons. The second kappa shape index (κ2) is 9.42. The van der Waals surface area contributed by atoms with E-state index in [1.807, 2.05) is 44.2 Å². The van der Waals surface area contributed by atoms with Gasteiger partial charge in [0, 0.05) is 43.0 Å². The first kappa shape index (κ1) is 18.4. The average molecular weight is 340 g/mol. The van der Waals surface area contributed by atoms with Crippen LogP contribution in [-0.2, 0) is 13.0 Å². The summed E-state index contributed by atoms with van der Waals surface area (Å²) in [5.74, 6) is -0.114. The summed E-state index contributed by atoms with van der Waals surface area (Å²) >= 11 is 0. The van der Waals surface area contributed by atoms with Gasteiger partial charge in [0.2, 0.25) is 0 Å². The van der Waals surface area contributed by atoms with E-state index < -0.39 is 0 Å². The highest BCUT2D eigenvalue weighted by Crippen LogP contribution is 2.05. The standard InChI is InChI=1S/C19H24N4O2/c1-14(2)23-18(24)16-7-5-6-15(12-16)13-22-19(25)21-11-9-17-8-3-4-10-20-17/h3-8,10,12,14H,9,11,13H2,1-2H3,(H,23,24)(H2,21,22,25). The highest BCUT2D eigenvalue weighted by Gasteiger charge is 2.08. The van der Waals surface area contributed by atoms with Crippen LogP contribution in [0, 0.1) is 0 Å². The molecule has 3 amide bonds. The fraction of sp³-hybridized carbons (Fsp3) is 0.316. The van der Waals surface area contributed by atoms with Crippen molar-refractivity contribution in [3.8, 4) is 0 Å². The number of hydrogen-bond acceptors (Lipinski definition) is 3. The first-order valence-corrected chi connectivity index (χ1v) is 8.36. The maximum absolute atomic E-state index is 12.0. The lowest BCUT2D eigenvalue weighted by molar-refractivity contribution is 0.0943. The summed E-state index contributed by atoms with van der Waals surface area (Å²) in [4.78, 5) is 28.1. The minimum atomic E-state index is -0.243. The molecule has 1 aromatic heterocycles. The van der Waals surface area contributed by atoms with E-state index in [-0.39, 0.29) is 18.0 Å². The Hall–Kier alpha value is -2.89. The number of carbonyl (C=O) groups excluding carboxylic acids is 2. The molecule has 132 valence electrons. The zero-order valence-electron chi connectivity index (χ0n) is 14.6. The highest BCUT2D eigenvalue weighted by molar-refractivity contribution is 5.94. The summed E-state index contributed by atoms with van der Waals surface area (Å²) in [7, 11) is 0. The molecule has 0 spiro atoms. The molecule has 0 fully saturated rings. The minimum absolute atomic E-state index is 0.0826. The minimum Gasteiger partial charge on any atom is -0.350 e. The van der Waals surface area contributed by atoms with Gasteiger partial charge in [-0.1, -0.05) is 18.2 Å². The summed E-state index contributed by atoms with van der Waals surface area (Å²) in [5.41, 5.74) is 2.39. The Morgan fingerprint density at radius 2 is 1.92 bits per heavy atom. The van der Waals surface area contributed by atoms with Crippen LogP contribution in [0.4, 0.5) is 4.79 Å². The Kier molecular flexibility index (Phi) is 6.95. The van der Waals surface area contributed by atoms with Crippen LogP contribution in [0.3, 0.4) is 0 Å². The lowest BCUT2D eigenvalue weighted by atomic mass is 10.1. The first-order valence-electron chi connectivity index (χ1n) is 8.36. The maximum atomic E-state index is 12.0. The van der Waals surface area contributed by atoms with E-state index in [2.05, 4.69) is 20.9 Å². The Morgan fingerprint density at radius 3 is 2.64 bits per heavy atom. The maximum Gasteiger partial charge on any atom is 0.315 e. The first-order chi connectivity index (χ1) is 12.0. The monoisotopic (exact) mass is 340 g/mol. The van der Waals surface area contributed by atoms with Crippen molar-refractivity contribution in [2.45, 2.75) is 32.9 Å². The van der Waals surface area contributed by atoms with Crippen molar-refractivity contribution in [1.29, 1.82) is 0 Å². The van der Waals surface area contributed by atoms with E-state index in [0.29, 0.717) is 25.1 Å². The molecule has 0 saturated heterocycles. The van der Waals surface area contributed by atoms with E-state index in [1.165, 1.54) is 0 Å². The summed E-state index contributed by atoms with van der Waals surface area (Å²) in [6, 6.07) is 12.8. The molecule has 1 heterocycles. The molecule has 0 aliphatic rings. The normalized spacial score (nSPS) is 10.4. The van der Waals surface area contributed by atoms with Crippen LogP contribution in [0.2, 0.25) is 0 Å². The Balaban J connectivity index is 1.76. The number of benzene rings is 1. The molecule has 3 N–H and O–H groups in total. The molecule has 0 unspecified atom stereocenters. The van der Waals surface area contributed by atoms with Gasteiger partial charge < -0.3 is 16.0 Å². The molecule has 0 bridgehead atoms. The smallest absolute Gasteiger partial charge is 0.315 e. The van der Waals surface area contributed by atoms with Gasteiger partial charge in [-0.15, -0.1) is 0 Å². The molecule has 25 heavy (non-hydrogen) atoms. The van der Waals surface area contributed by atoms with Crippen LogP contribution in [0.5, 0.6) is 0 Å². The van der Waals surface area contributed by atoms with Crippen LogP contribution in [-0.4, -0.2) is 29.5 Å². The van der Waals surface area contributed by atoms with E-state index in [4.69, 9.17) is 0 Å². The van der Waals surface area contributed by atoms with Crippen molar-refractivity contribution in [3.05, 3.63) is 65.5 Å². The van der Waals surface area contributed by atoms with Crippen molar-refractivity contribution in [2.24, 2.45) is 0 Å². The van der Waals surface area contributed by atoms with E-state index in [0.717, 1.165) is 11.3 Å². The second-order valence-corrected chi connectivity index (χ2v) is 6.01. The lowest BCUT2D eigenvalue weighted by Crippen LogP contribution is -2.36. The zero-order valence-corrected chi connectivity index (χ0v) is 14.6. The van der Waals surface area contributed by atoms with Crippen molar-refractivity contribution in [3.63, 3.8) is 0 Å². The van der Waals surface area contributed by atoms with Crippen LogP contribution in [0.15, 0.2) is 48.7 Å². The van der Waals surface area contributed by atoms with Crippen molar-refractivity contribution in [1.82, 2.24) is 20.9 Å². The van der Waals surface area contributed by atoms with Crippen LogP contribution >= 0.6 is 0 Å². The molecule has 6 heteroatoms. The van der Waals surface area contributed by atoms with E-state index >= 15 is 0 Å². The van der Waals surface area contributed by atoms with Crippen LogP contribution in [0.25, 0.3) is 0 Å². The summed E-state index contributed by atoms with van der Waals surface area (Å²) < 4.78 is 0. The Morgan fingerprint density at radius 1 is 1.08 bits per heavy atom. The number of nitrogens with one attached hydrogen (secondary N) is 3. The van der Waals surface area contributed by atoms with E-state index in [9.17, 15) is 9.59 Å². The third kappa shape index (κ3) is 6.63.